The van der Waals surface area contributed by atoms with E-state index in [-0.39, 0.29) is 18.2 Å². The molecule has 1 heterocycles. The van der Waals surface area contributed by atoms with Crippen LogP contribution >= 0.6 is 0 Å². The van der Waals surface area contributed by atoms with Gasteiger partial charge in [0.05, 0.1) is 17.7 Å². The monoisotopic (exact) mass is 276 g/mol. The Labute approximate surface area is 117 Å². The van der Waals surface area contributed by atoms with Crippen LogP contribution in [0.15, 0.2) is 18.2 Å². The van der Waals surface area contributed by atoms with E-state index in [1.165, 1.54) is 11.0 Å². The summed E-state index contributed by atoms with van der Waals surface area (Å²) in [5.41, 5.74) is 0.226. The summed E-state index contributed by atoms with van der Waals surface area (Å²) in [5, 5.41) is 9.10. The van der Waals surface area contributed by atoms with Crippen molar-refractivity contribution >= 4 is 11.8 Å². The maximum atomic E-state index is 14.0. The molecule has 2 rings (SSSR count). The quantitative estimate of drug-likeness (QED) is 0.730. The fraction of sp³-hybridized carbons (Fsp3) is 0.467. The summed E-state index contributed by atoms with van der Waals surface area (Å²) in [6, 6.07) is 6.77. The molecule has 0 radical (unpaired) electrons. The van der Waals surface area contributed by atoms with Gasteiger partial charge in [-0.15, -0.1) is 0 Å². The lowest BCUT2D eigenvalue weighted by Crippen LogP contribution is -2.43. The lowest BCUT2D eigenvalue weighted by atomic mass is 9.93. The summed E-state index contributed by atoms with van der Waals surface area (Å²) < 4.78 is 19.3. The summed E-state index contributed by atoms with van der Waals surface area (Å²) in [6.07, 6.45) is -0.174. The molecule has 1 unspecified atom stereocenters. The van der Waals surface area contributed by atoms with Crippen molar-refractivity contribution in [2.75, 3.05) is 11.4 Å². The largest absolute Gasteiger partial charge is 0.443 e. The fourth-order valence-corrected chi connectivity index (χ4v) is 2.24. The van der Waals surface area contributed by atoms with E-state index in [1.807, 2.05) is 0 Å². The lowest BCUT2D eigenvalue weighted by Gasteiger charge is -2.33. The van der Waals surface area contributed by atoms with Crippen LogP contribution in [0.5, 0.6) is 0 Å². The van der Waals surface area contributed by atoms with E-state index in [1.54, 1.807) is 32.9 Å². The van der Waals surface area contributed by atoms with Crippen LogP contribution in [-0.4, -0.2) is 18.2 Å². The van der Waals surface area contributed by atoms with Crippen molar-refractivity contribution in [1.82, 2.24) is 0 Å². The highest BCUT2D eigenvalue weighted by molar-refractivity contribution is 5.89. The molecular weight excluding hydrogens is 259 g/mol. The van der Waals surface area contributed by atoms with Gasteiger partial charge < -0.3 is 4.74 Å². The Morgan fingerprint density at radius 2 is 2.20 bits per heavy atom. The Bertz CT molecular complexity index is 572. The Morgan fingerprint density at radius 1 is 1.50 bits per heavy atom. The highest BCUT2D eigenvalue weighted by Gasteiger charge is 2.33. The van der Waals surface area contributed by atoms with Crippen molar-refractivity contribution in [1.29, 1.82) is 5.26 Å². The van der Waals surface area contributed by atoms with Gasteiger partial charge in [-0.3, -0.25) is 4.90 Å². The van der Waals surface area contributed by atoms with Crippen LogP contribution in [0, 0.1) is 23.1 Å². The first-order valence-electron chi connectivity index (χ1n) is 6.49. The van der Waals surface area contributed by atoms with Gasteiger partial charge in [-0.1, -0.05) is 12.1 Å². The lowest BCUT2D eigenvalue weighted by molar-refractivity contribution is 0.0573. The Morgan fingerprint density at radius 3 is 2.80 bits per heavy atom. The number of amides is 1. The smallest absolute Gasteiger partial charge is 0.414 e. The predicted molar refractivity (Wildman–Crippen MR) is 72.8 cm³/mol. The van der Waals surface area contributed by atoms with E-state index >= 15 is 0 Å². The molecule has 0 aliphatic carbocycles. The molecule has 1 aromatic rings. The summed E-state index contributed by atoms with van der Waals surface area (Å²) in [5.74, 6) is -0.818. The predicted octanol–water partition coefficient (Wildman–Crippen LogP) is 3.26. The minimum Gasteiger partial charge on any atom is -0.443 e. The molecule has 20 heavy (non-hydrogen) atoms. The summed E-state index contributed by atoms with van der Waals surface area (Å²) >= 11 is 0. The van der Waals surface area contributed by atoms with Gasteiger partial charge in [-0.2, -0.15) is 5.26 Å². The highest BCUT2D eigenvalue weighted by atomic mass is 19.1. The molecule has 1 aliphatic heterocycles. The zero-order valence-corrected chi connectivity index (χ0v) is 11.8. The molecular formula is C15H17FN2O2. The van der Waals surface area contributed by atoms with Crippen LogP contribution in [0.4, 0.5) is 14.9 Å². The number of benzene rings is 1. The Hall–Kier alpha value is -2.09. The van der Waals surface area contributed by atoms with E-state index in [9.17, 15) is 9.18 Å². The van der Waals surface area contributed by atoms with E-state index in [4.69, 9.17) is 10.00 Å². The molecule has 0 spiro atoms. The SMILES string of the molecule is CC(C)(C)OC(=O)N1CC(C#N)Cc2cccc(F)c21. The van der Waals surface area contributed by atoms with Crippen LogP contribution in [0.25, 0.3) is 0 Å². The molecule has 1 aromatic carbocycles. The topological polar surface area (TPSA) is 53.3 Å². The number of carbonyl (C=O) groups is 1. The number of ether oxygens (including phenoxy) is 1. The van der Waals surface area contributed by atoms with Crippen molar-refractivity contribution in [3.63, 3.8) is 0 Å². The number of anilines is 1. The molecule has 106 valence electrons. The first-order valence-corrected chi connectivity index (χ1v) is 6.49. The molecule has 0 saturated carbocycles. The van der Waals surface area contributed by atoms with E-state index < -0.39 is 17.5 Å². The first kappa shape index (κ1) is 14.3. The molecule has 1 amide bonds. The number of fused-ring (bicyclic) bond motifs is 1. The average molecular weight is 276 g/mol. The Kier molecular flexibility index (Phi) is 3.67. The third-order valence-corrected chi connectivity index (χ3v) is 3.01. The molecule has 0 fully saturated rings. The Balaban J connectivity index is 2.39. The van der Waals surface area contributed by atoms with E-state index in [2.05, 4.69) is 6.07 Å². The van der Waals surface area contributed by atoms with Crippen LogP contribution in [0.3, 0.4) is 0 Å². The number of carbonyl (C=O) groups excluding carboxylic acids is 1. The van der Waals surface area contributed by atoms with Gasteiger partial charge in [0.2, 0.25) is 0 Å². The fourth-order valence-electron chi connectivity index (χ4n) is 2.24. The molecule has 4 nitrogen and oxygen atoms in total. The zero-order chi connectivity index (χ0) is 14.9. The number of rotatable bonds is 0. The number of hydrogen-bond acceptors (Lipinski definition) is 3. The van der Waals surface area contributed by atoms with Crippen molar-refractivity contribution in [3.8, 4) is 6.07 Å². The molecule has 0 bridgehead atoms. The van der Waals surface area contributed by atoms with Gasteiger partial charge in [-0.05, 0) is 38.8 Å². The zero-order valence-electron chi connectivity index (χ0n) is 11.8. The molecule has 0 N–H and O–H groups in total. The maximum Gasteiger partial charge on any atom is 0.414 e. The van der Waals surface area contributed by atoms with Crippen molar-refractivity contribution in [2.45, 2.75) is 32.8 Å². The average Bonchev–Trinajstić information content (AvgIpc) is 2.35. The second kappa shape index (κ2) is 5.12. The standard InChI is InChI=1S/C15H17FN2O2/c1-15(2,3)20-14(19)18-9-10(8-17)7-11-5-4-6-12(16)13(11)18/h4-6,10H,7,9H2,1-3H3. The number of halogens is 1. The van der Waals surface area contributed by atoms with Crippen LogP contribution in [0.2, 0.25) is 0 Å². The molecule has 5 heteroatoms. The van der Waals surface area contributed by atoms with Crippen LogP contribution in [0.1, 0.15) is 26.3 Å². The third kappa shape index (κ3) is 2.90. The van der Waals surface area contributed by atoms with Gasteiger partial charge in [0.1, 0.15) is 11.4 Å². The van der Waals surface area contributed by atoms with Crippen molar-refractivity contribution in [2.24, 2.45) is 5.92 Å². The number of nitrogens with zero attached hydrogens (tertiary/aromatic N) is 2. The summed E-state index contributed by atoms with van der Waals surface area (Å²) in [7, 11) is 0. The van der Waals surface area contributed by atoms with Crippen LogP contribution in [-0.2, 0) is 11.2 Å². The van der Waals surface area contributed by atoms with E-state index in [0.717, 1.165) is 0 Å². The summed E-state index contributed by atoms with van der Waals surface area (Å²) in [6.45, 7) is 5.40. The van der Waals surface area contributed by atoms with Gasteiger partial charge in [0.25, 0.3) is 0 Å². The molecule has 1 atom stereocenters. The van der Waals surface area contributed by atoms with Crippen molar-refractivity contribution in [3.05, 3.63) is 29.6 Å². The van der Waals surface area contributed by atoms with E-state index in [0.29, 0.717) is 12.0 Å². The number of nitriles is 1. The van der Waals surface area contributed by atoms with Gasteiger partial charge >= 0.3 is 6.09 Å². The number of hydrogen-bond donors (Lipinski definition) is 0. The minimum absolute atomic E-state index is 0.152. The van der Waals surface area contributed by atoms with Crippen LogP contribution < -0.4 is 4.90 Å². The first-order chi connectivity index (χ1) is 9.31. The second-order valence-corrected chi connectivity index (χ2v) is 5.87. The van der Waals surface area contributed by atoms with Crippen molar-refractivity contribution < 1.29 is 13.9 Å². The number of para-hydroxylation sites is 1. The summed E-state index contributed by atoms with van der Waals surface area (Å²) in [4.78, 5) is 13.4. The maximum absolute atomic E-state index is 14.0. The normalized spacial score (nSPS) is 18.1. The van der Waals surface area contributed by atoms with Gasteiger partial charge in [-0.25, -0.2) is 9.18 Å². The van der Waals surface area contributed by atoms with Gasteiger partial charge in [0, 0.05) is 6.54 Å². The molecule has 0 aromatic heterocycles. The molecule has 1 aliphatic rings. The third-order valence-electron chi connectivity index (χ3n) is 3.01. The molecule has 0 saturated heterocycles. The highest BCUT2D eigenvalue weighted by Crippen LogP contribution is 2.33. The minimum atomic E-state index is -0.665. The van der Waals surface area contributed by atoms with Gasteiger partial charge in [0.15, 0.2) is 0 Å². The second-order valence-electron chi connectivity index (χ2n) is 5.87.